The van der Waals surface area contributed by atoms with E-state index in [-0.39, 0.29) is 0 Å². The largest absolute Gasteiger partial charge is 0.472 e. The lowest BCUT2D eigenvalue weighted by Crippen LogP contribution is -2.23. The maximum Gasteiger partial charge on any atom is 0.0947 e. The number of hydrogen-bond acceptors (Lipinski definition) is 4. The van der Waals surface area contributed by atoms with Gasteiger partial charge in [-0.3, -0.25) is 0 Å². The Labute approximate surface area is 95.2 Å². The summed E-state index contributed by atoms with van der Waals surface area (Å²) < 4.78 is 4.96. The minimum atomic E-state index is -0.560. The third-order valence-electron chi connectivity index (χ3n) is 1.79. The Balaban J connectivity index is 1.94. The van der Waals surface area contributed by atoms with E-state index in [0.717, 1.165) is 24.6 Å². The molecule has 15 heavy (non-hydrogen) atoms. The molecule has 1 aromatic rings. The first-order valence-electron chi connectivity index (χ1n) is 5.10. The summed E-state index contributed by atoms with van der Waals surface area (Å²) in [4.78, 5) is 0. The van der Waals surface area contributed by atoms with E-state index >= 15 is 0 Å². The summed E-state index contributed by atoms with van der Waals surface area (Å²) in [6.07, 6.45) is 3.43. The molecule has 0 fully saturated rings. The molecule has 0 bridgehead atoms. The Morgan fingerprint density at radius 1 is 1.53 bits per heavy atom. The van der Waals surface area contributed by atoms with E-state index in [9.17, 15) is 5.11 Å². The molecule has 1 rings (SSSR count). The summed E-state index contributed by atoms with van der Waals surface area (Å²) >= 11 is 1.76. The van der Waals surface area contributed by atoms with Crippen molar-refractivity contribution in [2.24, 2.45) is 0 Å². The van der Waals surface area contributed by atoms with Gasteiger partial charge in [-0.25, -0.2) is 0 Å². The van der Waals surface area contributed by atoms with Gasteiger partial charge in [0.05, 0.1) is 18.1 Å². The zero-order valence-corrected chi connectivity index (χ0v) is 10.1. The SMILES string of the molecule is CC(C)(O)CSCCNCc1ccoc1. The molecule has 0 unspecified atom stereocenters. The Morgan fingerprint density at radius 2 is 2.33 bits per heavy atom. The van der Waals surface area contributed by atoms with Crippen LogP contribution >= 0.6 is 11.8 Å². The molecule has 1 aromatic heterocycles. The Kier molecular flexibility index (Phi) is 5.22. The Bertz CT molecular complexity index is 254. The number of nitrogens with one attached hydrogen (secondary N) is 1. The monoisotopic (exact) mass is 229 g/mol. The maximum absolute atomic E-state index is 9.47. The van der Waals surface area contributed by atoms with Crippen LogP contribution in [0.25, 0.3) is 0 Å². The second-order valence-electron chi connectivity index (χ2n) is 4.17. The quantitative estimate of drug-likeness (QED) is 0.701. The predicted molar refractivity (Wildman–Crippen MR) is 64.0 cm³/mol. The molecule has 0 atom stereocenters. The van der Waals surface area contributed by atoms with E-state index in [1.807, 2.05) is 19.9 Å². The third-order valence-corrected chi connectivity index (χ3v) is 3.19. The van der Waals surface area contributed by atoms with E-state index in [1.54, 1.807) is 24.3 Å². The van der Waals surface area contributed by atoms with E-state index in [4.69, 9.17) is 4.42 Å². The smallest absolute Gasteiger partial charge is 0.0947 e. The molecular formula is C11H19NO2S. The molecular weight excluding hydrogens is 210 g/mol. The first-order valence-corrected chi connectivity index (χ1v) is 6.25. The number of aliphatic hydroxyl groups is 1. The maximum atomic E-state index is 9.47. The van der Waals surface area contributed by atoms with Crippen LogP contribution in [-0.4, -0.2) is 28.8 Å². The lowest BCUT2D eigenvalue weighted by atomic mass is 10.2. The highest BCUT2D eigenvalue weighted by Gasteiger charge is 2.11. The van der Waals surface area contributed by atoms with Crippen molar-refractivity contribution in [2.75, 3.05) is 18.1 Å². The van der Waals surface area contributed by atoms with Crippen LogP contribution in [0.15, 0.2) is 23.0 Å². The normalized spacial score (nSPS) is 11.9. The lowest BCUT2D eigenvalue weighted by Gasteiger charge is -2.15. The molecule has 0 aliphatic rings. The van der Waals surface area contributed by atoms with E-state index in [2.05, 4.69) is 5.32 Å². The second-order valence-corrected chi connectivity index (χ2v) is 5.28. The van der Waals surface area contributed by atoms with Gasteiger partial charge in [0.1, 0.15) is 0 Å². The average Bonchev–Trinajstić information content (AvgIpc) is 2.61. The predicted octanol–water partition coefficient (Wildman–Crippen LogP) is 1.87. The standard InChI is InChI=1S/C11H19NO2S/c1-11(2,13)9-15-6-4-12-7-10-3-5-14-8-10/h3,5,8,12-13H,4,6-7,9H2,1-2H3. The van der Waals surface area contributed by atoms with Crippen molar-refractivity contribution in [1.29, 1.82) is 0 Å². The second kappa shape index (κ2) is 6.20. The molecule has 86 valence electrons. The molecule has 0 aromatic carbocycles. The molecule has 0 aliphatic carbocycles. The van der Waals surface area contributed by atoms with Crippen LogP contribution in [0, 0.1) is 0 Å². The molecule has 0 aliphatic heterocycles. The molecule has 0 spiro atoms. The zero-order valence-electron chi connectivity index (χ0n) is 9.32. The molecule has 4 heteroatoms. The number of hydrogen-bond donors (Lipinski definition) is 2. The summed E-state index contributed by atoms with van der Waals surface area (Å²) in [6, 6.07) is 1.96. The molecule has 0 saturated carbocycles. The van der Waals surface area contributed by atoms with Crippen LogP contribution in [0.4, 0.5) is 0 Å². The van der Waals surface area contributed by atoms with Gasteiger partial charge >= 0.3 is 0 Å². The first kappa shape index (κ1) is 12.6. The van der Waals surface area contributed by atoms with Crippen molar-refractivity contribution in [3.8, 4) is 0 Å². The molecule has 1 heterocycles. The van der Waals surface area contributed by atoms with Crippen LogP contribution in [-0.2, 0) is 6.54 Å². The van der Waals surface area contributed by atoms with Crippen molar-refractivity contribution in [3.05, 3.63) is 24.2 Å². The minimum absolute atomic E-state index is 0.560. The zero-order chi connectivity index (χ0) is 11.1. The van der Waals surface area contributed by atoms with Crippen molar-refractivity contribution in [1.82, 2.24) is 5.32 Å². The number of furan rings is 1. The number of thioether (sulfide) groups is 1. The third kappa shape index (κ3) is 6.60. The highest BCUT2D eigenvalue weighted by atomic mass is 32.2. The van der Waals surface area contributed by atoms with Crippen LogP contribution in [0.3, 0.4) is 0 Å². The van der Waals surface area contributed by atoms with Crippen LogP contribution in [0.1, 0.15) is 19.4 Å². The number of rotatable bonds is 7. The first-order chi connectivity index (χ1) is 7.08. The van der Waals surface area contributed by atoms with Gasteiger partial charge in [0.2, 0.25) is 0 Å². The topological polar surface area (TPSA) is 45.4 Å². The molecule has 0 amide bonds. The van der Waals surface area contributed by atoms with E-state index < -0.39 is 5.60 Å². The van der Waals surface area contributed by atoms with Crippen molar-refractivity contribution in [3.63, 3.8) is 0 Å². The Morgan fingerprint density at radius 3 is 2.93 bits per heavy atom. The van der Waals surface area contributed by atoms with Gasteiger partial charge in [-0.05, 0) is 19.9 Å². The van der Waals surface area contributed by atoms with E-state index in [1.165, 1.54) is 5.56 Å². The minimum Gasteiger partial charge on any atom is -0.472 e. The van der Waals surface area contributed by atoms with Crippen LogP contribution < -0.4 is 5.32 Å². The summed E-state index contributed by atoms with van der Waals surface area (Å²) in [5, 5.41) is 12.8. The van der Waals surface area contributed by atoms with Gasteiger partial charge in [-0.15, -0.1) is 0 Å². The highest BCUT2D eigenvalue weighted by Crippen LogP contribution is 2.10. The van der Waals surface area contributed by atoms with Gasteiger partial charge in [0.25, 0.3) is 0 Å². The van der Waals surface area contributed by atoms with Gasteiger partial charge in [-0.1, -0.05) is 0 Å². The van der Waals surface area contributed by atoms with Crippen molar-refractivity contribution >= 4 is 11.8 Å². The molecule has 0 saturated heterocycles. The van der Waals surface area contributed by atoms with Crippen LogP contribution in [0.2, 0.25) is 0 Å². The summed E-state index contributed by atoms with van der Waals surface area (Å²) in [5.74, 6) is 1.79. The average molecular weight is 229 g/mol. The molecule has 2 N–H and O–H groups in total. The lowest BCUT2D eigenvalue weighted by molar-refractivity contribution is 0.107. The summed E-state index contributed by atoms with van der Waals surface area (Å²) in [7, 11) is 0. The van der Waals surface area contributed by atoms with Gasteiger partial charge in [-0.2, -0.15) is 11.8 Å². The van der Waals surface area contributed by atoms with Gasteiger partial charge in [0.15, 0.2) is 0 Å². The summed E-state index contributed by atoms with van der Waals surface area (Å²) in [6.45, 7) is 5.46. The van der Waals surface area contributed by atoms with Gasteiger partial charge in [0, 0.05) is 30.2 Å². The van der Waals surface area contributed by atoms with Gasteiger partial charge < -0.3 is 14.8 Å². The molecule has 3 nitrogen and oxygen atoms in total. The van der Waals surface area contributed by atoms with E-state index in [0.29, 0.717) is 0 Å². The Hall–Kier alpha value is -0.450. The van der Waals surface area contributed by atoms with Crippen LogP contribution in [0.5, 0.6) is 0 Å². The molecule has 0 radical (unpaired) electrons. The van der Waals surface area contributed by atoms with Crippen molar-refractivity contribution < 1.29 is 9.52 Å². The highest BCUT2D eigenvalue weighted by molar-refractivity contribution is 7.99. The fraction of sp³-hybridized carbons (Fsp3) is 0.636. The van der Waals surface area contributed by atoms with Crippen molar-refractivity contribution in [2.45, 2.75) is 26.0 Å². The fourth-order valence-corrected chi connectivity index (χ4v) is 2.02. The summed E-state index contributed by atoms with van der Waals surface area (Å²) in [5.41, 5.74) is 0.609. The fourth-order valence-electron chi connectivity index (χ4n) is 1.09.